The smallest absolute Gasteiger partial charge is 0.141 e. The maximum Gasteiger partial charge on any atom is 0.141 e. The molecular formula is C9H8N4S. The average Bonchev–Trinajstić information content (AvgIpc) is 2.23. The highest BCUT2D eigenvalue weighted by molar-refractivity contribution is 7.99. The van der Waals surface area contributed by atoms with Crippen molar-refractivity contribution >= 4 is 17.6 Å². The zero-order valence-corrected chi connectivity index (χ0v) is 8.11. The number of nitrogens with zero attached hydrogens (tertiary/aromatic N) is 3. The van der Waals surface area contributed by atoms with Gasteiger partial charge in [-0.1, -0.05) is 6.07 Å². The molecule has 0 saturated carbocycles. The van der Waals surface area contributed by atoms with Crippen LogP contribution in [0, 0.1) is 0 Å². The van der Waals surface area contributed by atoms with Gasteiger partial charge in [-0.25, -0.2) is 15.0 Å². The van der Waals surface area contributed by atoms with Crippen LogP contribution >= 0.6 is 11.8 Å². The van der Waals surface area contributed by atoms with Gasteiger partial charge < -0.3 is 5.73 Å². The molecule has 2 heterocycles. The highest BCUT2D eigenvalue weighted by Crippen LogP contribution is 2.22. The van der Waals surface area contributed by atoms with Crippen LogP contribution in [-0.4, -0.2) is 15.0 Å². The molecule has 2 aromatic heterocycles. The van der Waals surface area contributed by atoms with Crippen LogP contribution in [0.2, 0.25) is 0 Å². The second-order valence-electron chi connectivity index (χ2n) is 2.55. The lowest BCUT2D eigenvalue weighted by molar-refractivity contribution is 1.05. The number of nitrogen functional groups attached to an aromatic ring is 1. The summed E-state index contributed by atoms with van der Waals surface area (Å²) < 4.78 is 0. The van der Waals surface area contributed by atoms with Crippen LogP contribution < -0.4 is 5.73 Å². The molecule has 0 aliphatic rings. The average molecular weight is 204 g/mol. The number of aromatic nitrogens is 3. The van der Waals surface area contributed by atoms with Gasteiger partial charge in [-0.15, -0.1) is 0 Å². The standard InChI is InChI=1S/C9H8N4S/c10-7-5-13-9(6-12-7)14-8-3-1-2-4-11-8/h1-6H,(H2,10,12). The van der Waals surface area contributed by atoms with Gasteiger partial charge in [0.2, 0.25) is 0 Å². The molecule has 0 spiro atoms. The van der Waals surface area contributed by atoms with Gasteiger partial charge in [0.15, 0.2) is 0 Å². The maximum absolute atomic E-state index is 5.42. The van der Waals surface area contributed by atoms with E-state index >= 15 is 0 Å². The second kappa shape index (κ2) is 4.06. The van der Waals surface area contributed by atoms with E-state index in [4.69, 9.17) is 5.73 Å². The second-order valence-corrected chi connectivity index (χ2v) is 3.59. The molecule has 14 heavy (non-hydrogen) atoms. The van der Waals surface area contributed by atoms with Crippen LogP contribution in [0.4, 0.5) is 5.82 Å². The van der Waals surface area contributed by atoms with Crippen molar-refractivity contribution in [1.82, 2.24) is 15.0 Å². The summed E-state index contributed by atoms with van der Waals surface area (Å²) in [7, 11) is 0. The van der Waals surface area contributed by atoms with Crippen LogP contribution in [0.25, 0.3) is 0 Å². The molecule has 0 saturated heterocycles. The van der Waals surface area contributed by atoms with Crippen LogP contribution in [-0.2, 0) is 0 Å². The van der Waals surface area contributed by atoms with E-state index in [2.05, 4.69) is 15.0 Å². The van der Waals surface area contributed by atoms with Crippen LogP contribution in [0.3, 0.4) is 0 Å². The molecule has 70 valence electrons. The van der Waals surface area contributed by atoms with E-state index in [1.54, 1.807) is 12.4 Å². The van der Waals surface area contributed by atoms with Crippen molar-refractivity contribution < 1.29 is 0 Å². The summed E-state index contributed by atoms with van der Waals surface area (Å²) in [6.07, 6.45) is 4.91. The van der Waals surface area contributed by atoms with E-state index in [1.807, 2.05) is 18.2 Å². The van der Waals surface area contributed by atoms with Gasteiger partial charge in [-0.05, 0) is 23.9 Å². The fourth-order valence-corrected chi connectivity index (χ4v) is 1.58. The fraction of sp³-hybridized carbons (Fsp3) is 0. The van der Waals surface area contributed by atoms with Crippen molar-refractivity contribution in [2.75, 3.05) is 5.73 Å². The van der Waals surface area contributed by atoms with E-state index < -0.39 is 0 Å². The van der Waals surface area contributed by atoms with Gasteiger partial charge in [-0.2, -0.15) is 0 Å². The summed E-state index contributed by atoms with van der Waals surface area (Å²) in [6.45, 7) is 0. The third-order valence-electron chi connectivity index (χ3n) is 1.50. The summed E-state index contributed by atoms with van der Waals surface area (Å²) in [4.78, 5) is 12.2. The first-order chi connectivity index (χ1) is 6.84. The monoisotopic (exact) mass is 204 g/mol. The molecule has 0 aliphatic carbocycles. The van der Waals surface area contributed by atoms with Crippen molar-refractivity contribution in [3.63, 3.8) is 0 Å². The third kappa shape index (κ3) is 2.20. The molecular weight excluding hydrogens is 196 g/mol. The number of rotatable bonds is 2. The van der Waals surface area contributed by atoms with Crippen molar-refractivity contribution in [1.29, 1.82) is 0 Å². The Morgan fingerprint density at radius 2 is 1.93 bits per heavy atom. The van der Waals surface area contributed by atoms with Crippen molar-refractivity contribution in [3.8, 4) is 0 Å². The summed E-state index contributed by atoms with van der Waals surface area (Å²) in [5.74, 6) is 0.426. The van der Waals surface area contributed by atoms with Crippen molar-refractivity contribution in [3.05, 3.63) is 36.8 Å². The van der Waals surface area contributed by atoms with Crippen LogP contribution in [0.1, 0.15) is 0 Å². The molecule has 2 aromatic rings. The predicted octanol–water partition coefficient (Wildman–Crippen LogP) is 1.61. The number of pyridine rings is 1. The molecule has 0 unspecified atom stereocenters. The predicted molar refractivity (Wildman–Crippen MR) is 54.8 cm³/mol. The lowest BCUT2D eigenvalue weighted by Gasteiger charge is -1.98. The zero-order chi connectivity index (χ0) is 9.80. The quantitative estimate of drug-likeness (QED) is 0.805. The third-order valence-corrected chi connectivity index (χ3v) is 2.37. The van der Waals surface area contributed by atoms with Gasteiger partial charge in [-0.3, -0.25) is 0 Å². The van der Waals surface area contributed by atoms with Crippen molar-refractivity contribution in [2.45, 2.75) is 10.1 Å². The van der Waals surface area contributed by atoms with E-state index in [0.29, 0.717) is 5.82 Å². The van der Waals surface area contributed by atoms with E-state index in [1.165, 1.54) is 18.0 Å². The number of nitrogens with two attached hydrogens (primary N) is 1. The summed E-state index contributed by atoms with van der Waals surface area (Å²) in [5, 5.41) is 1.68. The molecule has 0 amide bonds. The molecule has 4 nitrogen and oxygen atoms in total. The normalized spacial score (nSPS) is 10.0. The minimum absolute atomic E-state index is 0.426. The van der Waals surface area contributed by atoms with Gasteiger partial charge in [0.25, 0.3) is 0 Å². The van der Waals surface area contributed by atoms with Gasteiger partial charge in [0, 0.05) is 6.20 Å². The Morgan fingerprint density at radius 1 is 1.00 bits per heavy atom. The minimum Gasteiger partial charge on any atom is -0.382 e. The van der Waals surface area contributed by atoms with Gasteiger partial charge in [0.05, 0.1) is 12.4 Å². The van der Waals surface area contributed by atoms with E-state index in [0.717, 1.165) is 10.1 Å². The van der Waals surface area contributed by atoms with Gasteiger partial charge >= 0.3 is 0 Å². The highest BCUT2D eigenvalue weighted by atomic mass is 32.2. The Bertz CT molecular complexity index is 401. The first-order valence-electron chi connectivity index (χ1n) is 4.01. The maximum atomic E-state index is 5.42. The summed E-state index contributed by atoms with van der Waals surface area (Å²) in [6, 6.07) is 5.72. The number of anilines is 1. The molecule has 0 bridgehead atoms. The Kier molecular flexibility index (Phi) is 2.60. The Morgan fingerprint density at radius 3 is 2.57 bits per heavy atom. The van der Waals surface area contributed by atoms with Crippen LogP contribution in [0.15, 0.2) is 46.8 Å². The molecule has 5 heteroatoms. The molecule has 2 rings (SSSR count). The minimum atomic E-state index is 0.426. The molecule has 0 aromatic carbocycles. The first kappa shape index (κ1) is 8.96. The first-order valence-corrected chi connectivity index (χ1v) is 4.82. The Labute approximate surface area is 85.6 Å². The van der Waals surface area contributed by atoms with Crippen molar-refractivity contribution in [2.24, 2.45) is 0 Å². The Hall–Kier alpha value is -1.62. The van der Waals surface area contributed by atoms with E-state index in [-0.39, 0.29) is 0 Å². The lowest BCUT2D eigenvalue weighted by Crippen LogP contribution is -1.91. The largest absolute Gasteiger partial charge is 0.382 e. The van der Waals surface area contributed by atoms with Gasteiger partial charge in [0.1, 0.15) is 15.9 Å². The zero-order valence-electron chi connectivity index (χ0n) is 7.29. The van der Waals surface area contributed by atoms with E-state index in [9.17, 15) is 0 Å². The molecule has 0 radical (unpaired) electrons. The molecule has 0 aliphatic heterocycles. The topological polar surface area (TPSA) is 64.7 Å². The highest BCUT2D eigenvalue weighted by Gasteiger charge is 1.98. The fourth-order valence-electron chi connectivity index (χ4n) is 0.893. The lowest BCUT2D eigenvalue weighted by atomic mass is 10.5. The number of hydrogen-bond acceptors (Lipinski definition) is 5. The summed E-state index contributed by atoms with van der Waals surface area (Å²) >= 11 is 1.46. The number of hydrogen-bond donors (Lipinski definition) is 1. The molecule has 2 N–H and O–H groups in total. The summed E-state index contributed by atoms with van der Waals surface area (Å²) in [5.41, 5.74) is 5.42. The molecule has 0 atom stereocenters. The Balaban J connectivity index is 2.16. The molecule has 0 fully saturated rings. The SMILES string of the molecule is Nc1cnc(Sc2ccccn2)cn1. The van der Waals surface area contributed by atoms with Crippen LogP contribution in [0.5, 0.6) is 0 Å².